The summed E-state index contributed by atoms with van der Waals surface area (Å²) in [4.78, 5) is 32.1. The Morgan fingerprint density at radius 2 is 1.94 bits per heavy atom. The van der Waals surface area contributed by atoms with Crippen LogP contribution in [0.1, 0.15) is 46.6 Å². The fourth-order valence-electron chi connectivity index (χ4n) is 4.04. The minimum Gasteiger partial charge on any atom is -0.493 e. The van der Waals surface area contributed by atoms with Gasteiger partial charge in [-0.25, -0.2) is 0 Å². The molecule has 170 valence electrons. The molecule has 3 aromatic rings. The van der Waals surface area contributed by atoms with Crippen molar-refractivity contribution in [3.63, 3.8) is 0 Å². The van der Waals surface area contributed by atoms with Crippen molar-refractivity contribution in [2.45, 2.75) is 32.5 Å². The summed E-state index contributed by atoms with van der Waals surface area (Å²) >= 11 is 0. The van der Waals surface area contributed by atoms with E-state index in [1.807, 2.05) is 67.6 Å². The van der Waals surface area contributed by atoms with E-state index in [9.17, 15) is 9.59 Å². The van der Waals surface area contributed by atoms with Crippen LogP contribution in [0.15, 0.2) is 66.9 Å². The number of hydrogen-bond acceptors (Lipinski definition) is 5. The molecule has 2 amide bonds. The number of nitrogens with zero attached hydrogens (tertiary/aromatic N) is 2. The minimum atomic E-state index is -0.460. The van der Waals surface area contributed by atoms with Gasteiger partial charge in [-0.15, -0.1) is 0 Å². The van der Waals surface area contributed by atoms with E-state index in [0.717, 1.165) is 16.8 Å². The second-order valence-electron chi connectivity index (χ2n) is 7.75. The number of methoxy groups -OCH3 is 1. The van der Waals surface area contributed by atoms with Gasteiger partial charge in [0.2, 0.25) is 5.91 Å². The van der Waals surface area contributed by atoms with Gasteiger partial charge in [0.25, 0.3) is 5.91 Å². The Bertz CT molecular complexity index is 1130. The summed E-state index contributed by atoms with van der Waals surface area (Å²) in [5.74, 6) is 0.943. The Balaban J connectivity index is 1.60. The summed E-state index contributed by atoms with van der Waals surface area (Å²) in [7, 11) is 1.58. The van der Waals surface area contributed by atoms with E-state index < -0.39 is 6.04 Å². The third-order valence-corrected chi connectivity index (χ3v) is 5.67. The molecule has 7 heteroatoms. The van der Waals surface area contributed by atoms with Gasteiger partial charge in [0, 0.05) is 18.3 Å². The standard InChI is InChI=1S/C26H27N3O4/c1-3-33-23-12-11-18(14-24(23)32-2)22(15-25(30)28-16-20-9-6-7-13-27-20)29-17-19-8-4-5-10-21(19)26(29)31/h4-14,22H,3,15-17H2,1-2H3,(H,28,30)/t22-/m1/s1. The van der Waals surface area contributed by atoms with E-state index in [-0.39, 0.29) is 18.2 Å². The lowest BCUT2D eigenvalue weighted by Crippen LogP contribution is -2.34. The normalized spacial score (nSPS) is 13.4. The van der Waals surface area contributed by atoms with Gasteiger partial charge < -0.3 is 19.7 Å². The molecule has 0 fully saturated rings. The van der Waals surface area contributed by atoms with Crippen LogP contribution < -0.4 is 14.8 Å². The molecule has 0 saturated carbocycles. The van der Waals surface area contributed by atoms with Gasteiger partial charge in [0.1, 0.15) is 0 Å². The predicted molar refractivity (Wildman–Crippen MR) is 124 cm³/mol. The van der Waals surface area contributed by atoms with Gasteiger partial charge in [0.05, 0.1) is 38.4 Å². The third-order valence-electron chi connectivity index (χ3n) is 5.67. The van der Waals surface area contributed by atoms with Crippen LogP contribution in [0.5, 0.6) is 11.5 Å². The zero-order chi connectivity index (χ0) is 23.2. The summed E-state index contributed by atoms with van der Waals surface area (Å²) < 4.78 is 11.1. The number of rotatable bonds is 9. The number of fused-ring (bicyclic) bond motifs is 1. The Kier molecular flexibility index (Phi) is 6.88. The number of carbonyl (C=O) groups excluding carboxylic acids is 2. The molecule has 2 heterocycles. The first-order valence-corrected chi connectivity index (χ1v) is 11.0. The summed E-state index contributed by atoms with van der Waals surface area (Å²) in [6.07, 6.45) is 1.81. The Hall–Kier alpha value is -3.87. The number of pyridine rings is 1. The van der Waals surface area contributed by atoms with Gasteiger partial charge in [-0.2, -0.15) is 0 Å². The first-order chi connectivity index (χ1) is 16.1. The lowest BCUT2D eigenvalue weighted by Gasteiger charge is -2.28. The highest BCUT2D eigenvalue weighted by atomic mass is 16.5. The van der Waals surface area contributed by atoms with E-state index in [4.69, 9.17) is 9.47 Å². The molecule has 0 spiro atoms. The minimum absolute atomic E-state index is 0.0824. The summed E-state index contributed by atoms with van der Waals surface area (Å²) in [6.45, 7) is 3.19. The van der Waals surface area contributed by atoms with Crippen LogP contribution in [-0.2, 0) is 17.9 Å². The van der Waals surface area contributed by atoms with Crippen LogP contribution in [-0.4, -0.2) is 35.4 Å². The number of amides is 2. The summed E-state index contributed by atoms with van der Waals surface area (Å²) in [5, 5.41) is 2.92. The lowest BCUT2D eigenvalue weighted by atomic mass is 10.0. The van der Waals surface area contributed by atoms with Gasteiger partial charge >= 0.3 is 0 Å². The zero-order valence-electron chi connectivity index (χ0n) is 18.8. The Labute approximate surface area is 193 Å². The van der Waals surface area contributed by atoms with Crippen molar-refractivity contribution in [3.8, 4) is 11.5 Å². The first-order valence-electron chi connectivity index (χ1n) is 11.0. The van der Waals surface area contributed by atoms with Crippen molar-refractivity contribution in [1.29, 1.82) is 0 Å². The van der Waals surface area contributed by atoms with E-state index in [1.54, 1.807) is 18.2 Å². The smallest absolute Gasteiger partial charge is 0.255 e. The maximum absolute atomic E-state index is 13.2. The van der Waals surface area contributed by atoms with Crippen LogP contribution >= 0.6 is 0 Å². The lowest BCUT2D eigenvalue weighted by molar-refractivity contribution is -0.122. The van der Waals surface area contributed by atoms with Crippen LogP contribution in [0, 0.1) is 0 Å². The van der Waals surface area contributed by atoms with Gasteiger partial charge in [-0.1, -0.05) is 30.3 Å². The van der Waals surface area contributed by atoms with Crippen molar-refractivity contribution in [2.75, 3.05) is 13.7 Å². The molecule has 1 atom stereocenters. The molecule has 0 bridgehead atoms. The highest BCUT2D eigenvalue weighted by Gasteiger charge is 2.34. The van der Waals surface area contributed by atoms with E-state index >= 15 is 0 Å². The maximum atomic E-state index is 13.2. The van der Waals surface area contributed by atoms with Crippen molar-refractivity contribution in [2.24, 2.45) is 0 Å². The fraction of sp³-hybridized carbons (Fsp3) is 0.269. The first kappa shape index (κ1) is 22.3. The van der Waals surface area contributed by atoms with Crippen molar-refractivity contribution >= 4 is 11.8 Å². The average molecular weight is 446 g/mol. The van der Waals surface area contributed by atoms with Crippen molar-refractivity contribution in [1.82, 2.24) is 15.2 Å². The number of hydrogen-bond donors (Lipinski definition) is 1. The molecule has 0 radical (unpaired) electrons. The van der Waals surface area contributed by atoms with Gasteiger partial charge in [0.15, 0.2) is 11.5 Å². The molecule has 0 saturated heterocycles. The van der Waals surface area contributed by atoms with E-state index in [1.165, 1.54) is 0 Å². The molecule has 1 N–H and O–H groups in total. The number of benzene rings is 2. The highest BCUT2D eigenvalue weighted by Crippen LogP contribution is 2.37. The number of ether oxygens (including phenoxy) is 2. The molecule has 7 nitrogen and oxygen atoms in total. The van der Waals surface area contributed by atoms with Crippen LogP contribution in [0.3, 0.4) is 0 Å². The molecule has 1 aliphatic rings. The van der Waals surface area contributed by atoms with E-state index in [2.05, 4.69) is 10.3 Å². The quantitative estimate of drug-likeness (QED) is 0.540. The number of carbonyl (C=O) groups is 2. The van der Waals surface area contributed by atoms with Crippen molar-refractivity contribution < 1.29 is 19.1 Å². The predicted octanol–water partition coefficient (Wildman–Crippen LogP) is 3.89. The molecule has 0 unspecified atom stereocenters. The van der Waals surface area contributed by atoms with Crippen LogP contribution in [0.4, 0.5) is 0 Å². The van der Waals surface area contributed by atoms with Crippen LogP contribution in [0.2, 0.25) is 0 Å². The molecule has 2 aromatic carbocycles. The highest BCUT2D eigenvalue weighted by molar-refractivity contribution is 5.98. The molecule has 1 aromatic heterocycles. The van der Waals surface area contributed by atoms with Gasteiger partial charge in [-0.05, 0) is 48.4 Å². The van der Waals surface area contributed by atoms with Gasteiger partial charge in [-0.3, -0.25) is 14.6 Å². The average Bonchev–Trinajstić information content (AvgIpc) is 3.18. The SMILES string of the molecule is CCOc1ccc([C@@H](CC(=O)NCc2ccccn2)N2Cc3ccccc3C2=O)cc1OC. The Morgan fingerprint density at radius 3 is 2.67 bits per heavy atom. The zero-order valence-corrected chi connectivity index (χ0v) is 18.8. The topological polar surface area (TPSA) is 80.8 Å². The molecular weight excluding hydrogens is 418 g/mol. The molecule has 0 aliphatic carbocycles. The summed E-state index contributed by atoms with van der Waals surface area (Å²) in [6, 6.07) is 18.2. The second-order valence-corrected chi connectivity index (χ2v) is 7.75. The monoisotopic (exact) mass is 445 g/mol. The number of nitrogens with one attached hydrogen (secondary N) is 1. The molecule has 1 aliphatic heterocycles. The summed E-state index contributed by atoms with van der Waals surface area (Å²) in [5.41, 5.74) is 3.22. The number of aromatic nitrogens is 1. The maximum Gasteiger partial charge on any atom is 0.255 e. The third kappa shape index (κ3) is 4.98. The molecule has 33 heavy (non-hydrogen) atoms. The molecular formula is C26H27N3O4. The van der Waals surface area contributed by atoms with E-state index in [0.29, 0.717) is 36.8 Å². The molecule has 4 rings (SSSR count). The van der Waals surface area contributed by atoms with Crippen molar-refractivity contribution in [3.05, 3.63) is 89.2 Å². The Morgan fingerprint density at radius 1 is 1.12 bits per heavy atom. The second kappa shape index (κ2) is 10.2. The fourth-order valence-corrected chi connectivity index (χ4v) is 4.04. The largest absolute Gasteiger partial charge is 0.493 e. The van der Waals surface area contributed by atoms with Crippen LogP contribution in [0.25, 0.3) is 0 Å².